The average Bonchev–Trinajstić information content (AvgIpc) is 2.61. The van der Waals surface area contributed by atoms with Crippen LogP contribution in [0.5, 0.6) is 0 Å². The Morgan fingerprint density at radius 2 is 1.88 bits per heavy atom. The van der Waals surface area contributed by atoms with Gasteiger partial charge in [0.1, 0.15) is 5.69 Å². The smallest absolute Gasteiger partial charge is 0.352 e. The molecule has 0 amide bonds. The van der Waals surface area contributed by atoms with Gasteiger partial charge in [-0.2, -0.15) is 0 Å². The van der Waals surface area contributed by atoms with Crippen molar-refractivity contribution in [3.63, 3.8) is 0 Å². The number of aromatic carboxylic acids is 1. The number of hydrogen-bond donors (Lipinski definition) is 2. The molecule has 0 aliphatic carbocycles. The third-order valence-corrected chi connectivity index (χ3v) is 4.65. The highest BCUT2D eigenvalue weighted by Gasteiger charge is 2.23. The lowest BCUT2D eigenvalue weighted by atomic mass is 10.1. The van der Waals surface area contributed by atoms with Crippen molar-refractivity contribution in [3.05, 3.63) is 61.4 Å². The Bertz CT molecular complexity index is 954. The highest BCUT2D eigenvalue weighted by Crippen LogP contribution is 2.13. The maximum absolute atomic E-state index is 13.0. The van der Waals surface area contributed by atoms with Crippen molar-refractivity contribution < 1.29 is 14.6 Å². The van der Waals surface area contributed by atoms with Crippen LogP contribution in [0.2, 0.25) is 0 Å². The molecular weight excluding hydrogens is 338 g/mol. The third-order valence-electron chi connectivity index (χ3n) is 4.65. The van der Waals surface area contributed by atoms with Crippen molar-refractivity contribution >= 4 is 5.97 Å². The van der Waals surface area contributed by atoms with Crippen LogP contribution in [0.25, 0.3) is 5.69 Å². The number of hydrogen-bond acceptors (Lipinski definition) is 5. The highest BCUT2D eigenvalue weighted by molar-refractivity contribution is 5.86. The van der Waals surface area contributed by atoms with E-state index in [1.807, 2.05) is 24.8 Å². The first-order valence-corrected chi connectivity index (χ1v) is 8.37. The number of nitrogens with one attached hydrogen (secondary N) is 1. The fourth-order valence-corrected chi connectivity index (χ4v) is 2.98. The van der Waals surface area contributed by atoms with Gasteiger partial charge in [-0.3, -0.25) is 9.69 Å². The lowest BCUT2D eigenvalue weighted by molar-refractivity contribution is 0.0336. The molecule has 138 valence electrons. The molecule has 8 heteroatoms. The molecule has 8 nitrogen and oxygen atoms in total. The minimum absolute atomic E-state index is 0.0669. The van der Waals surface area contributed by atoms with E-state index in [4.69, 9.17) is 4.74 Å². The predicted octanol–water partition coefficient (Wildman–Crippen LogP) is 0.673. The minimum atomic E-state index is -1.32. The number of rotatable bonds is 4. The van der Waals surface area contributed by atoms with E-state index < -0.39 is 17.2 Å². The molecule has 2 N–H and O–H groups in total. The molecule has 26 heavy (non-hydrogen) atoms. The van der Waals surface area contributed by atoms with Gasteiger partial charge in [-0.1, -0.05) is 6.07 Å². The number of carboxylic acid groups (broad SMARTS) is 1. The van der Waals surface area contributed by atoms with Gasteiger partial charge < -0.3 is 14.8 Å². The number of benzene rings is 1. The van der Waals surface area contributed by atoms with Gasteiger partial charge in [-0.05, 0) is 37.1 Å². The van der Waals surface area contributed by atoms with Gasteiger partial charge in [0, 0.05) is 19.6 Å². The minimum Gasteiger partial charge on any atom is -0.477 e. The lowest BCUT2D eigenvalue weighted by Gasteiger charge is -2.26. The van der Waals surface area contributed by atoms with Crippen LogP contribution in [0.4, 0.5) is 0 Å². The van der Waals surface area contributed by atoms with E-state index in [-0.39, 0.29) is 17.8 Å². The summed E-state index contributed by atoms with van der Waals surface area (Å²) >= 11 is 0. The van der Waals surface area contributed by atoms with Gasteiger partial charge in [-0.25, -0.2) is 14.2 Å². The SMILES string of the molecule is Cc1ccc(-n2c(=O)[nH]c(C(=O)O)c(CN3CCOCC3)c2=O)cc1C. The molecule has 1 saturated heterocycles. The van der Waals surface area contributed by atoms with Gasteiger partial charge in [0.05, 0.1) is 24.5 Å². The summed E-state index contributed by atoms with van der Waals surface area (Å²) in [5.74, 6) is -1.32. The van der Waals surface area contributed by atoms with Crippen molar-refractivity contribution in [2.45, 2.75) is 20.4 Å². The summed E-state index contributed by atoms with van der Waals surface area (Å²) in [6, 6.07) is 5.24. The first-order valence-electron chi connectivity index (χ1n) is 8.37. The van der Waals surface area contributed by atoms with E-state index in [9.17, 15) is 19.5 Å². The summed E-state index contributed by atoms with van der Waals surface area (Å²) < 4.78 is 6.28. The summed E-state index contributed by atoms with van der Waals surface area (Å²) in [5, 5.41) is 9.42. The van der Waals surface area contributed by atoms with E-state index in [0.29, 0.717) is 32.0 Å². The van der Waals surface area contributed by atoms with Crippen LogP contribution in [0.15, 0.2) is 27.8 Å². The zero-order valence-corrected chi connectivity index (χ0v) is 14.7. The Balaban J connectivity index is 2.15. The first-order chi connectivity index (χ1) is 12.4. The Morgan fingerprint density at radius 1 is 1.19 bits per heavy atom. The topological polar surface area (TPSA) is 105 Å². The van der Waals surface area contributed by atoms with E-state index in [1.54, 1.807) is 12.1 Å². The van der Waals surface area contributed by atoms with Crippen LogP contribution in [0, 0.1) is 13.8 Å². The second kappa shape index (κ2) is 7.27. The van der Waals surface area contributed by atoms with Gasteiger partial charge in [0.25, 0.3) is 5.56 Å². The number of ether oxygens (including phenoxy) is 1. The van der Waals surface area contributed by atoms with Gasteiger partial charge in [0.2, 0.25) is 0 Å². The van der Waals surface area contributed by atoms with Crippen molar-refractivity contribution in [2.75, 3.05) is 26.3 Å². The number of aromatic amines is 1. The quantitative estimate of drug-likeness (QED) is 0.832. The second-order valence-electron chi connectivity index (χ2n) is 6.39. The summed E-state index contributed by atoms with van der Waals surface area (Å²) in [7, 11) is 0. The lowest BCUT2D eigenvalue weighted by Crippen LogP contribution is -2.42. The molecule has 0 unspecified atom stereocenters. The Kier molecular flexibility index (Phi) is 5.06. The van der Waals surface area contributed by atoms with E-state index in [0.717, 1.165) is 15.7 Å². The van der Waals surface area contributed by atoms with Crippen LogP contribution in [-0.4, -0.2) is 51.8 Å². The van der Waals surface area contributed by atoms with Crippen LogP contribution in [0.1, 0.15) is 27.2 Å². The van der Waals surface area contributed by atoms with Crippen LogP contribution in [-0.2, 0) is 11.3 Å². The van der Waals surface area contributed by atoms with Crippen molar-refractivity contribution in [2.24, 2.45) is 0 Å². The van der Waals surface area contributed by atoms with Crippen LogP contribution >= 0.6 is 0 Å². The molecule has 1 aliphatic heterocycles. The van der Waals surface area contributed by atoms with E-state index in [1.165, 1.54) is 0 Å². The molecule has 1 aromatic carbocycles. The van der Waals surface area contributed by atoms with Crippen molar-refractivity contribution in [3.8, 4) is 5.69 Å². The maximum atomic E-state index is 13.0. The number of nitrogens with zero attached hydrogens (tertiary/aromatic N) is 2. The fraction of sp³-hybridized carbons (Fsp3) is 0.389. The van der Waals surface area contributed by atoms with Crippen molar-refractivity contribution in [1.82, 2.24) is 14.5 Å². The van der Waals surface area contributed by atoms with Gasteiger partial charge in [0.15, 0.2) is 0 Å². The summed E-state index contributed by atoms with van der Waals surface area (Å²) in [6.07, 6.45) is 0. The molecule has 0 radical (unpaired) electrons. The molecule has 2 heterocycles. The molecule has 1 aliphatic rings. The molecule has 1 aromatic heterocycles. The van der Waals surface area contributed by atoms with Crippen LogP contribution in [0.3, 0.4) is 0 Å². The molecular formula is C18H21N3O5. The summed E-state index contributed by atoms with van der Waals surface area (Å²) in [6.45, 7) is 6.21. The first kappa shape index (κ1) is 18.1. The number of carboxylic acids is 1. The zero-order valence-electron chi connectivity index (χ0n) is 14.7. The Hall–Kier alpha value is -2.71. The predicted molar refractivity (Wildman–Crippen MR) is 95.2 cm³/mol. The number of morpholine rings is 1. The highest BCUT2D eigenvalue weighted by atomic mass is 16.5. The standard InChI is InChI=1S/C18H21N3O5/c1-11-3-4-13(9-12(11)2)21-16(22)14(10-20-5-7-26-8-6-20)15(17(23)24)19-18(21)25/h3-4,9H,5-8,10H2,1-2H3,(H,19,25)(H,23,24). The Morgan fingerprint density at radius 3 is 2.50 bits per heavy atom. The average molecular weight is 359 g/mol. The monoisotopic (exact) mass is 359 g/mol. The largest absolute Gasteiger partial charge is 0.477 e. The van der Waals surface area contributed by atoms with Gasteiger partial charge >= 0.3 is 11.7 Å². The normalized spacial score (nSPS) is 15.2. The van der Waals surface area contributed by atoms with Gasteiger partial charge in [-0.15, -0.1) is 0 Å². The zero-order chi connectivity index (χ0) is 18.8. The molecule has 2 aromatic rings. The molecule has 0 spiro atoms. The summed E-state index contributed by atoms with van der Waals surface area (Å²) in [4.78, 5) is 41.3. The molecule has 3 rings (SSSR count). The maximum Gasteiger partial charge on any atom is 0.352 e. The molecule has 0 atom stereocenters. The molecule has 1 fully saturated rings. The third kappa shape index (κ3) is 3.47. The van der Waals surface area contributed by atoms with E-state index >= 15 is 0 Å². The van der Waals surface area contributed by atoms with E-state index in [2.05, 4.69) is 4.98 Å². The Labute approximate surface area is 149 Å². The number of aromatic nitrogens is 2. The second-order valence-corrected chi connectivity index (χ2v) is 6.39. The number of carbonyl (C=O) groups is 1. The summed E-state index contributed by atoms with van der Waals surface area (Å²) in [5.41, 5.74) is 0.727. The molecule has 0 bridgehead atoms. The van der Waals surface area contributed by atoms with Crippen molar-refractivity contribution in [1.29, 1.82) is 0 Å². The fourth-order valence-electron chi connectivity index (χ4n) is 2.98. The molecule has 0 saturated carbocycles. The van der Waals surface area contributed by atoms with Crippen LogP contribution < -0.4 is 11.2 Å². The number of aryl methyl sites for hydroxylation is 2. The number of H-pyrrole nitrogens is 1.